The van der Waals surface area contributed by atoms with Crippen molar-refractivity contribution in [2.24, 2.45) is 5.73 Å². The van der Waals surface area contributed by atoms with Crippen LogP contribution < -0.4 is 10.6 Å². The summed E-state index contributed by atoms with van der Waals surface area (Å²) in [6, 6.07) is 7.26. The van der Waals surface area contributed by atoms with Crippen LogP contribution in [0.25, 0.3) is 0 Å². The summed E-state index contributed by atoms with van der Waals surface area (Å²) in [7, 11) is 0. The van der Waals surface area contributed by atoms with Gasteiger partial charge in [0.2, 0.25) is 0 Å². The quantitative estimate of drug-likeness (QED) is 0.872. The minimum Gasteiger partial charge on any atom is -0.369 e. The van der Waals surface area contributed by atoms with E-state index in [4.69, 9.17) is 17.3 Å². The Bertz CT molecular complexity index is 386. The lowest BCUT2D eigenvalue weighted by atomic mass is 10.1. The van der Waals surface area contributed by atoms with Crippen LogP contribution in [0.15, 0.2) is 18.2 Å². The molecular formula is C14H21ClN2. The minimum atomic E-state index is 0.157. The highest BCUT2D eigenvalue weighted by Crippen LogP contribution is 2.33. The summed E-state index contributed by atoms with van der Waals surface area (Å²) in [6.45, 7) is 5.25. The Morgan fingerprint density at radius 1 is 1.47 bits per heavy atom. The first kappa shape index (κ1) is 12.7. The van der Waals surface area contributed by atoms with Gasteiger partial charge in [0.25, 0.3) is 0 Å². The SMILES string of the molecule is CCN(c1ccc(CC(C)N)c(Cl)c1)C1CC1. The van der Waals surface area contributed by atoms with Crippen LogP contribution in [-0.4, -0.2) is 18.6 Å². The molecule has 3 heteroatoms. The number of anilines is 1. The fourth-order valence-corrected chi connectivity index (χ4v) is 2.52. The number of benzene rings is 1. The van der Waals surface area contributed by atoms with Crippen LogP contribution in [-0.2, 0) is 6.42 Å². The monoisotopic (exact) mass is 252 g/mol. The second kappa shape index (κ2) is 5.28. The molecule has 1 aliphatic rings. The van der Waals surface area contributed by atoms with E-state index >= 15 is 0 Å². The van der Waals surface area contributed by atoms with Gasteiger partial charge < -0.3 is 10.6 Å². The molecule has 1 saturated carbocycles. The summed E-state index contributed by atoms with van der Waals surface area (Å²) in [6.07, 6.45) is 3.47. The van der Waals surface area contributed by atoms with Crippen LogP contribution in [0.1, 0.15) is 32.3 Å². The Labute approximate surface area is 109 Å². The highest BCUT2D eigenvalue weighted by atomic mass is 35.5. The zero-order chi connectivity index (χ0) is 12.4. The summed E-state index contributed by atoms with van der Waals surface area (Å²) in [4.78, 5) is 2.43. The predicted octanol–water partition coefficient (Wildman–Crippen LogP) is 3.22. The van der Waals surface area contributed by atoms with Gasteiger partial charge in [-0.15, -0.1) is 0 Å². The smallest absolute Gasteiger partial charge is 0.0459 e. The van der Waals surface area contributed by atoms with E-state index in [-0.39, 0.29) is 6.04 Å². The van der Waals surface area contributed by atoms with E-state index < -0.39 is 0 Å². The van der Waals surface area contributed by atoms with Crippen molar-refractivity contribution in [1.29, 1.82) is 0 Å². The van der Waals surface area contributed by atoms with Crippen LogP contribution in [0.3, 0.4) is 0 Å². The van der Waals surface area contributed by atoms with Gasteiger partial charge in [-0.1, -0.05) is 17.7 Å². The number of rotatable bonds is 5. The molecule has 0 saturated heterocycles. The normalized spacial score (nSPS) is 16.9. The molecule has 1 aliphatic carbocycles. The zero-order valence-electron chi connectivity index (χ0n) is 10.6. The lowest BCUT2D eigenvalue weighted by Crippen LogP contribution is -2.25. The largest absolute Gasteiger partial charge is 0.369 e. The molecule has 0 heterocycles. The Balaban J connectivity index is 2.17. The van der Waals surface area contributed by atoms with Crippen LogP contribution in [0, 0.1) is 0 Å². The Morgan fingerprint density at radius 2 is 2.18 bits per heavy atom. The third kappa shape index (κ3) is 3.14. The van der Waals surface area contributed by atoms with Crippen LogP contribution in [0.5, 0.6) is 0 Å². The van der Waals surface area contributed by atoms with E-state index in [2.05, 4.69) is 30.0 Å². The van der Waals surface area contributed by atoms with Gasteiger partial charge in [-0.05, 0) is 50.8 Å². The molecule has 17 heavy (non-hydrogen) atoms. The van der Waals surface area contributed by atoms with Crippen molar-refractivity contribution in [1.82, 2.24) is 0 Å². The number of hydrogen-bond donors (Lipinski definition) is 1. The van der Waals surface area contributed by atoms with Crippen LogP contribution in [0.2, 0.25) is 5.02 Å². The molecule has 1 unspecified atom stereocenters. The van der Waals surface area contributed by atoms with Crippen LogP contribution >= 0.6 is 11.6 Å². The first-order valence-corrected chi connectivity index (χ1v) is 6.80. The van der Waals surface area contributed by atoms with Gasteiger partial charge >= 0.3 is 0 Å². The molecule has 0 aliphatic heterocycles. The highest BCUT2D eigenvalue weighted by Gasteiger charge is 2.28. The fraction of sp³-hybridized carbons (Fsp3) is 0.571. The second-order valence-electron chi connectivity index (χ2n) is 4.97. The molecular weight excluding hydrogens is 232 g/mol. The molecule has 2 nitrogen and oxygen atoms in total. The first-order valence-electron chi connectivity index (χ1n) is 6.42. The van der Waals surface area contributed by atoms with E-state index in [0.29, 0.717) is 0 Å². The summed E-state index contributed by atoms with van der Waals surface area (Å²) in [5, 5.41) is 0.846. The molecule has 1 atom stereocenters. The molecule has 2 N–H and O–H groups in total. The fourth-order valence-electron chi connectivity index (χ4n) is 2.27. The maximum Gasteiger partial charge on any atom is 0.0459 e. The van der Waals surface area contributed by atoms with Gasteiger partial charge in [0.05, 0.1) is 0 Å². The maximum atomic E-state index is 6.32. The number of nitrogens with zero attached hydrogens (tertiary/aromatic N) is 1. The average Bonchev–Trinajstić information content (AvgIpc) is 3.07. The van der Waals surface area contributed by atoms with Gasteiger partial charge in [0, 0.05) is 29.3 Å². The Kier molecular flexibility index (Phi) is 3.95. The summed E-state index contributed by atoms with van der Waals surface area (Å²) in [5.41, 5.74) is 8.20. The van der Waals surface area contributed by atoms with E-state index in [1.54, 1.807) is 0 Å². The molecule has 94 valence electrons. The molecule has 1 aromatic rings. The summed E-state index contributed by atoms with van der Waals surface area (Å²) in [5.74, 6) is 0. The van der Waals surface area contributed by atoms with Crippen LogP contribution in [0.4, 0.5) is 5.69 Å². The molecule has 0 bridgehead atoms. The minimum absolute atomic E-state index is 0.157. The van der Waals surface area contributed by atoms with Gasteiger partial charge in [-0.2, -0.15) is 0 Å². The molecule has 0 radical (unpaired) electrons. The first-order chi connectivity index (χ1) is 8.11. The molecule has 2 rings (SSSR count). The van der Waals surface area contributed by atoms with Gasteiger partial charge in [0.15, 0.2) is 0 Å². The Hall–Kier alpha value is -0.730. The lowest BCUT2D eigenvalue weighted by Gasteiger charge is -2.23. The van der Waals surface area contributed by atoms with Crippen molar-refractivity contribution < 1.29 is 0 Å². The summed E-state index contributed by atoms with van der Waals surface area (Å²) >= 11 is 6.32. The van der Waals surface area contributed by atoms with Gasteiger partial charge in [-0.25, -0.2) is 0 Å². The molecule has 0 aromatic heterocycles. The average molecular weight is 253 g/mol. The van der Waals surface area contributed by atoms with E-state index in [9.17, 15) is 0 Å². The lowest BCUT2D eigenvalue weighted by molar-refractivity contribution is 0.737. The standard InChI is InChI=1S/C14H21ClN2/c1-3-17(12-6-7-12)13-5-4-11(8-10(2)16)14(15)9-13/h4-5,9-10,12H,3,6-8,16H2,1-2H3. The molecule has 0 amide bonds. The second-order valence-corrected chi connectivity index (χ2v) is 5.38. The predicted molar refractivity (Wildman–Crippen MR) is 74.8 cm³/mol. The molecule has 1 aromatic carbocycles. The molecule has 0 spiro atoms. The highest BCUT2D eigenvalue weighted by molar-refractivity contribution is 6.31. The van der Waals surface area contributed by atoms with Crippen molar-refractivity contribution in [3.63, 3.8) is 0 Å². The topological polar surface area (TPSA) is 29.3 Å². The summed E-state index contributed by atoms with van der Waals surface area (Å²) < 4.78 is 0. The van der Waals surface area contributed by atoms with Crippen molar-refractivity contribution >= 4 is 17.3 Å². The zero-order valence-corrected chi connectivity index (χ0v) is 11.4. The van der Waals surface area contributed by atoms with Crippen molar-refractivity contribution in [2.75, 3.05) is 11.4 Å². The van der Waals surface area contributed by atoms with E-state index in [0.717, 1.165) is 29.6 Å². The maximum absolute atomic E-state index is 6.32. The van der Waals surface area contributed by atoms with Gasteiger partial charge in [0.1, 0.15) is 0 Å². The van der Waals surface area contributed by atoms with Crippen molar-refractivity contribution in [3.05, 3.63) is 28.8 Å². The number of hydrogen-bond acceptors (Lipinski definition) is 2. The number of halogens is 1. The van der Waals surface area contributed by atoms with E-state index in [1.807, 2.05) is 6.92 Å². The van der Waals surface area contributed by atoms with Crippen molar-refractivity contribution in [2.45, 2.75) is 45.2 Å². The van der Waals surface area contributed by atoms with E-state index in [1.165, 1.54) is 18.5 Å². The number of nitrogens with two attached hydrogens (primary N) is 1. The molecule has 1 fully saturated rings. The Morgan fingerprint density at radius 3 is 2.65 bits per heavy atom. The third-order valence-electron chi connectivity index (χ3n) is 3.24. The van der Waals surface area contributed by atoms with Crippen molar-refractivity contribution in [3.8, 4) is 0 Å². The third-order valence-corrected chi connectivity index (χ3v) is 3.59. The van der Waals surface area contributed by atoms with Gasteiger partial charge in [-0.3, -0.25) is 0 Å².